The molecule has 1 aromatic rings. The van der Waals surface area contributed by atoms with Crippen molar-refractivity contribution in [3.63, 3.8) is 0 Å². The molecule has 0 aromatic heterocycles. The number of benzene rings is 1. The maximum Gasteiger partial charge on any atom is 0.326 e. The lowest BCUT2D eigenvalue weighted by Crippen LogP contribution is -2.52. The van der Waals surface area contributed by atoms with Gasteiger partial charge in [-0.3, -0.25) is 0 Å². The number of amides is 2. The molecule has 0 spiro atoms. The highest BCUT2D eigenvalue weighted by atomic mass is 16.4. The lowest BCUT2D eigenvalue weighted by Gasteiger charge is -2.27. The van der Waals surface area contributed by atoms with Gasteiger partial charge in [0.25, 0.3) is 0 Å². The molecular weight excluding hydrogens is 256 g/mol. The standard InChI is InChI=1S/C15H22N2O3/c1-10-5-7-11(8-6-10)9-16-14(20)17-12(13(18)19)15(2,3)4/h5-8,12H,9H2,1-4H3,(H,18,19)(H2,16,17,20)/t12-/m1/s1. The van der Waals surface area contributed by atoms with Gasteiger partial charge in [-0.15, -0.1) is 0 Å². The summed E-state index contributed by atoms with van der Waals surface area (Å²) in [4.78, 5) is 22.9. The average Bonchev–Trinajstić information content (AvgIpc) is 2.33. The van der Waals surface area contributed by atoms with Crippen LogP contribution in [-0.4, -0.2) is 23.1 Å². The number of carbonyl (C=O) groups is 2. The van der Waals surface area contributed by atoms with Crippen LogP contribution in [0.5, 0.6) is 0 Å². The minimum Gasteiger partial charge on any atom is -0.480 e. The van der Waals surface area contributed by atoms with Gasteiger partial charge in [-0.05, 0) is 17.9 Å². The second-order valence-electron chi connectivity index (χ2n) is 5.95. The third-order valence-electron chi connectivity index (χ3n) is 2.96. The zero-order chi connectivity index (χ0) is 15.3. The van der Waals surface area contributed by atoms with Gasteiger partial charge in [0, 0.05) is 6.54 Å². The summed E-state index contributed by atoms with van der Waals surface area (Å²) < 4.78 is 0. The topological polar surface area (TPSA) is 78.4 Å². The normalized spacial score (nSPS) is 12.6. The summed E-state index contributed by atoms with van der Waals surface area (Å²) in [5, 5.41) is 14.3. The Hall–Kier alpha value is -2.04. The van der Waals surface area contributed by atoms with Crippen LogP contribution in [0, 0.1) is 12.3 Å². The zero-order valence-corrected chi connectivity index (χ0v) is 12.4. The minimum atomic E-state index is -1.04. The summed E-state index contributed by atoms with van der Waals surface area (Å²) in [6.45, 7) is 7.66. The molecule has 0 bridgehead atoms. The maximum absolute atomic E-state index is 11.8. The van der Waals surface area contributed by atoms with E-state index in [1.54, 1.807) is 20.8 Å². The molecule has 0 saturated heterocycles. The molecule has 0 unspecified atom stereocenters. The molecule has 5 nitrogen and oxygen atoms in total. The highest BCUT2D eigenvalue weighted by Crippen LogP contribution is 2.19. The number of hydrogen-bond acceptors (Lipinski definition) is 2. The summed E-state index contributed by atoms with van der Waals surface area (Å²) in [6.07, 6.45) is 0. The first-order chi connectivity index (χ1) is 9.20. The molecule has 0 saturated carbocycles. The number of carboxylic acids is 1. The third-order valence-corrected chi connectivity index (χ3v) is 2.96. The van der Waals surface area contributed by atoms with Crippen LogP contribution in [0.15, 0.2) is 24.3 Å². The Morgan fingerprint density at radius 2 is 1.75 bits per heavy atom. The van der Waals surface area contributed by atoms with Crippen molar-refractivity contribution in [3.8, 4) is 0 Å². The van der Waals surface area contributed by atoms with Crippen molar-refractivity contribution in [2.45, 2.75) is 40.3 Å². The Morgan fingerprint density at radius 1 is 1.20 bits per heavy atom. The van der Waals surface area contributed by atoms with Crippen LogP contribution >= 0.6 is 0 Å². The van der Waals surface area contributed by atoms with Crippen LogP contribution in [0.4, 0.5) is 4.79 Å². The smallest absolute Gasteiger partial charge is 0.326 e. The number of urea groups is 1. The Labute approximate surface area is 119 Å². The molecular formula is C15H22N2O3. The molecule has 20 heavy (non-hydrogen) atoms. The van der Waals surface area contributed by atoms with Gasteiger partial charge in [0.2, 0.25) is 0 Å². The first-order valence-corrected chi connectivity index (χ1v) is 6.53. The summed E-state index contributed by atoms with van der Waals surface area (Å²) in [7, 11) is 0. The Kier molecular flexibility index (Phi) is 5.13. The van der Waals surface area contributed by atoms with E-state index in [-0.39, 0.29) is 0 Å². The highest BCUT2D eigenvalue weighted by Gasteiger charge is 2.32. The van der Waals surface area contributed by atoms with Gasteiger partial charge in [0.1, 0.15) is 6.04 Å². The van der Waals surface area contributed by atoms with Crippen molar-refractivity contribution in [2.75, 3.05) is 0 Å². The number of rotatable bonds is 4. The number of carboxylic acid groups (broad SMARTS) is 1. The number of aryl methyl sites for hydroxylation is 1. The molecule has 1 rings (SSSR count). The van der Waals surface area contributed by atoms with E-state index >= 15 is 0 Å². The van der Waals surface area contributed by atoms with Crippen LogP contribution in [0.1, 0.15) is 31.9 Å². The Balaban J connectivity index is 2.54. The van der Waals surface area contributed by atoms with Crippen LogP contribution in [-0.2, 0) is 11.3 Å². The summed E-state index contributed by atoms with van der Waals surface area (Å²) >= 11 is 0. The van der Waals surface area contributed by atoms with Gasteiger partial charge in [0.15, 0.2) is 0 Å². The molecule has 0 aliphatic carbocycles. The zero-order valence-electron chi connectivity index (χ0n) is 12.4. The van der Waals surface area contributed by atoms with Crippen molar-refractivity contribution < 1.29 is 14.7 Å². The maximum atomic E-state index is 11.8. The fourth-order valence-electron chi connectivity index (χ4n) is 1.72. The third kappa shape index (κ3) is 4.91. The minimum absolute atomic E-state index is 0.364. The summed E-state index contributed by atoms with van der Waals surface area (Å²) in [6, 6.07) is 6.37. The average molecular weight is 278 g/mol. The van der Waals surface area contributed by atoms with E-state index in [4.69, 9.17) is 5.11 Å². The lowest BCUT2D eigenvalue weighted by atomic mass is 9.87. The highest BCUT2D eigenvalue weighted by molar-refractivity contribution is 5.83. The molecule has 110 valence electrons. The molecule has 5 heteroatoms. The molecule has 3 N–H and O–H groups in total. The van der Waals surface area contributed by atoms with Crippen molar-refractivity contribution in [1.82, 2.24) is 10.6 Å². The SMILES string of the molecule is Cc1ccc(CNC(=O)N[C@H](C(=O)O)C(C)(C)C)cc1. The fourth-order valence-corrected chi connectivity index (χ4v) is 1.72. The second-order valence-corrected chi connectivity index (χ2v) is 5.95. The molecule has 1 atom stereocenters. The van der Waals surface area contributed by atoms with Gasteiger partial charge < -0.3 is 15.7 Å². The fraction of sp³-hybridized carbons (Fsp3) is 0.467. The molecule has 0 fully saturated rings. The molecule has 0 aliphatic rings. The number of nitrogens with one attached hydrogen (secondary N) is 2. The molecule has 0 aliphatic heterocycles. The van der Waals surface area contributed by atoms with Gasteiger partial charge in [0.05, 0.1) is 0 Å². The number of aliphatic carboxylic acids is 1. The van der Waals surface area contributed by atoms with Crippen LogP contribution in [0.3, 0.4) is 0 Å². The van der Waals surface area contributed by atoms with Crippen LogP contribution in [0.2, 0.25) is 0 Å². The number of carbonyl (C=O) groups excluding carboxylic acids is 1. The molecule has 0 radical (unpaired) electrons. The molecule has 2 amide bonds. The van der Waals surface area contributed by atoms with Crippen molar-refractivity contribution in [1.29, 1.82) is 0 Å². The molecule has 1 aromatic carbocycles. The van der Waals surface area contributed by atoms with Gasteiger partial charge >= 0.3 is 12.0 Å². The predicted octanol–water partition coefficient (Wildman–Crippen LogP) is 2.29. The lowest BCUT2D eigenvalue weighted by molar-refractivity contribution is -0.141. The first kappa shape index (κ1) is 16.0. The van der Waals surface area contributed by atoms with Crippen molar-refractivity contribution in [3.05, 3.63) is 35.4 Å². The van der Waals surface area contributed by atoms with E-state index in [0.717, 1.165) is 11.1 Å². The largest absolute Gasteiger partial charge is 0.480 e. The summed E-state index contributed by atoms with van der Waals surface area (Å²) in [5.41, 5.74) is 1.57. The van der Waals surface area contributed by atoms with Crippen LogP contribution < -0.4 is 10.6 Å². The van der Waals surface area contributed by atoms with Crippen molar-refractivity contribution >= 4 is 12.0 Å². The van der Waals surface area contributed by atoms with E-state index < -0.39 is 23.5 Å². The van der Waals surface area contributed by atoms with Gasteiger partial charge in [-0.2, -0.15) is 0 Å². The quantitative estimate of drug-likeness (QED) is 0.790. The number of hydrogen-bond donors (Lipinski definition) is 3. The first-order valence-electron chi connectivity index (χ1n) is 6.53. The predicted molar refractivity (Wildman–Crippen MR) is 77.4 cm³/mol. The van der Waals surface area contributed by atoms with Gasteiger partial charge in [-0.25, -0.2) is 9.59 Å². The van der Waals surface area contributed by atoms with E-state index in [9.17, 15) is 9.59 Å². The Bertz CT molecular complexity index is 475. The Morgan fingerprint density at radius 3 is 2.20 bits per heavy atom. The van der Waals surface area contributed by atoms with E-state index in [1.165, 1.54) is 0 Å². The van der Waals surface area contributed by atoms with Crippen LogP contribution in [0.25, 0.3) is 0 Å². The van der Waals surface area contributed by atoms with E-state index in [2.05, 4.69) is 10.6 Å². The molecule has 0 heterocycles. The van der Waals surface area contributed by atoms with E-state index in [0.29, 0.717) is 6.54 Å². The van der Waals surface area contributed by atoms with Crippen molar-refractivity contribution in [2.24, 2.45) is 5.41 Å². The van der Waals surface area contributed by atoms with Gasteiger partial charge in [-0.1, -0.05) is 50.6 Å². The monoisotopic (exact) mass is 278 g/mol. The second kappa shape index (κ2) is 6.41. The van der Waals surface area contributed by atoms with E-state index in [1.807, 2.05) is 31.2 Å². The summed E-state index contributed by atoms with van der Waals surface area (Å²) in [5.74, 6) is -1.04.